The van der Waals surface area contributed by atoms with E-state index in [1.807, 2.05) is 13.8 Å². The van der Waals surface area contributed by atoms with E-state index in [1.54, 1.807) is 0 Å². The summed E-state index contributed by atoms with van der Waals surface area (Å²) >= 11 is 0. The van der Waals surface area contributed by atoms with Gasteiger partial charge in [-0.1, -0.05) is 20.8 Å². The van der Waals surface area contributed by atoms with Crippen LogP contribution in [-0.2, 0) is 9.53 Å². The second kappa shape index (κ2) is 7.29. The molecule has 72 valence electrons. The summed E-state index contributed by atoms with van der Waals surface area (Å²) in [6.07, 6.45) is 2.59. The van der Waals surface area contributed by atoms with E-state index in [9.17, 15) is 4.79 Å². The smallest absolute Gasteiger partial charge is 0.135 e. The van der Waals surface area contributed by atoms with Crippen LogP contribution in [0.3, 0.4) is 0 Å². The van der Waals surface area contributed by atoms with Crippen LogP contribution in [0.25, 0.3) is 0 Å². The van der Waals surface area contributed by atoms with Gasteiger partial charge in [0.15, 0.2) is 0 Å². The molecule has 0 aromatic carbocycles. The lowest BCUT2D eigenvalue weighted by atomic mass is 10.1. The van der Waals surface area contributed by atoms with Crippen molar-refractivity contribution in [3.8, 4) is 0 Å². The van der Waals surface area contributed by atoms with Crippen molar-refractivity contribution in [1.29, 1.82) is 0 Å². The molecule has 2 nitrogen and oxygen atoms in total. The summed E-state index contributed by atoms with van der Waals surface area (Å²) in [5.74, 6) is 0.520. The molecule has 0 aromatic rings. The molecule has 0 aliphatic heterocycles. The predicted octanol–water partition coefficient (Wildman–Crippen LogP) is 2.42. The average molecular weight is 172 g/mol. The first-order valence-corrected chi connectivity index (χ1v) is 4.79. The molecule has 0 N–H and O–H groups in total. The third kappa shape index (κ3) is 6.35. The monoisotopic (exact) mass is 172 g/mol. The highest BCUT2D eigenvalue weighted by Gasteiger charge is 2.05. The Kier molecular flexibility index (Phi) is 7.06. The van der Waals surface area contributed by atoms with Crippen molar-refractivity contribution in [2.75, 3.05) is 13.2 Å². The number of hydrogen-bond donors (Lipinski definition) is 0. The van der Waals surface area contributed by atoms with E-state index in [2.05, 4.69) is 6.92 Å². The number of carbonyl (C=O) groups excluding carboxylic acids is 1. The fraction of sp³-hybridized carbons (Fsp3) is 0.900. The summed E-state index contributed by atoms with van der Waals surface area (Å²) in [4.78, 5) is 11.1. The lowest BCUT2D eigenvalue weighted by Gasteiger charge is -2.04. The van der Waals surface area contributed by atoms with Gasteiger partial charge in [0.1, 0.15) is 5.78 Å². The molecule has 0 unspecified atom stereocenters. The first kappa shape index (κ1) is 11.6. The molecule has 0 fully saturated rings. The quantitative estimate of drug-likeness (QED) is 0.551. The average Bonchev–Trinajstić information content (AvgIpc) is 2.03. The maximum atomic E-state index is 11.1. The Morgan fingerprint density at radius 3 is 2.50 bits per heavy atom. The highest BCUT2D eigenvalue weighted by atomic mass is 16.5. The van der Waals surface area contributed by atoms with Gasteiger partial charge in [-0.25, -0.2) is 0 Å². The van der Waals surface area contributed by atoms with Gasteiger partial charge in [-0.3, -0.25) is 4.79 Å². The van der Waals surface area contributed by atoms with E-state index >= 15 is 0 Å². The van der Waals surface area contributed by atoms with Crippen LogP contribution in [-0.4, -0.2) is 19.0 Å². The summed E-state index contributed by atoms with van der Waals surface area (Å²) in [5, 5.41) is 0. The molecule has 0 saturated carbocycles. The zero-order valence-electron chi connectivity index (χ0n) is 8.43. The molecule has 0 spiro atoms. The van der Waals surface area contributed by atoms with Crippen LogP contribution in [0, 0.1) is 5.92 Å². The number of ketones is 1. The molecule has 0 bridgehead atoms. The van der Waals surface area contributed by atoms with E-state index < -0.39 is 0 Å². The molecular formula is C10H20O2. The van der Waals surface area contributed by atoms with Crippen molar-refractivity contribution in [1.82, 2.24) is 0 Å². The number of Topliss-reactive ketones (excluding diaryl/α,β-unsaturated/α-hetero) is 1. The zero-order chi connectivity index (χ0) is 9.40. The summed E-state index contributed by atoms with van der Waals surface area (Å²) in [7, 11) is 0. The molecule has 0 heterocycles. The number of rotatable bonds is 7. The van der Waals surface area contributed by atoms with Gasteiger partial charge in [-0.15, -0.1) is 0 Å². The van der Waals surface area contributed by atoms with Crippen LogP contribution in [0.4, 0.5) is 0 Å². The van der Waals surface area contributed by atoms with Crippen molar-refractivity contribution >= 4 is 5.78 Å². The molecule has 0 aliphatic rings. The van der Waals surface area contributed by atoms with Gasteiger partial charge in [-0.05, 0) is 12.8 Å². The highest BCUT2D eigenvalue weighted by Crippen LogP contribution is 2.01. The van der Waals surface area contributed by atoms with E-state index in [-0.39, 0.29) is 5.92 Å². The lowest BCUT2D eigenvalue weighted by molar-refractivity contribution is -0.122. The second-order valence-corrected chi connectivity index (χ2v) is 3.34. The molecule has 2 heteroatoms. The van der Waals surface area contributed by atoms with Crippen LogP contribution in [0.1, 0.15) is 40.0 Å². The normalized spacial score (nSPS) is 10.7. The van der Waals surface area contributed by atoms with Crippen LogP contribution in [0.5, 0.6) is 0 Å². The maximum absolute atomic E-state index is 11.1. The fourth-order valence-electron chi connectivity index (χ4n) is 0.884. The molecule has 0 rings (SSSR count). The minimum atomic E-state index is 0.177. The first-order valence-electron chi connectivity index (χ1n) is 4.79. The third-order valence-corrected chi connectivity index (χ3v) is 1.70. The summed E-state index contributed by atoms with van der Waals surface area (Å²) in [5.41, 5.74) is 0. The van der Waals surface area contributed by atoms with Crippen molar-refractivity contribution in [2.24, 2.45) is 5.92 Å². The minimum absolute atomic E-state index is 0.177. The molecule has 0 atom stereocenters. The van der Waals surface area contributed by atoms with Crippen LogP contribution >= 0.6 is 0 Å². The topological polar surface area (TPSA) is 26.3 Å². The second-order valence-electron chi connectivity index (χ2n) is 3.34. The molecular weight excluding hydrogens is 152 g/mol. The van der Waals surface area contributed by atoms with Gasteiger partial charge < -0.3 is 4.74 Å². The standard InChI is InChI=1S/C10H20O2/c1-4-7-12-8-5-6-10(11)9(2)3/h9H,4-8H2,1-3H3. The number of hydrogen-bond acceptors (Lipinski definition) is 2. The SMILES string of the molecule is CCCOCCCC(=O)C(C)C. The predicted molar refractivity (Wildman–Crippen MR) is 50.2 cm³/mol. The van der Waals surface area contributed by atoms with Crippen LogP contribution in [0.2, 0.25) is 0 Å². The van der Waals surface area contributed by atoms with E-state index in [1.165, 1.54) is 0 Å². The molecule has 12 heavy (non-hydrogen) atoms. The number of carbonyl (C=O) groups is 1. The summed E-state index contributed by atoms with van der Waals surface area (Å²) in [6, 6.07) is 0. The molecule has 0 radical (unpaired) electrons. The van der Waals surface area contributed by atoms with Gasteiger partial charge in [0.05, 0.1) is 0 Å². The van der Waals surface area contributed by atoms with Crippen molar-refractivity contribution in [3.05, 3.63) is 0 Å². The summed E-state index contributed by atoms with van der Waals surface area (Å²) in [6.45, 7) is 7.51. The Bertz CT molecular complexity index is 119. The van der Waals surface area contributed by atoms with E-state index in [4.69, 9.17) is 4.74 Å². The number of ether oxygens (including phenoxy) is 1. The first-order chi connectivity index (χ1) is 5.68. The minimum Gasteiger partial charge on any atom is -0.381 e. The summed E-state index contributed by atoms with van der Waals surface area (Å²) < 4.78 is 5.26. The van der Waals surface area contributed by atoms with Gasteiger partial charge in [-0.2, -0.15) is 0 Å². The Balaban J connectivity index is 3.14. The third-order valence-electron chi connectivity index (χ3n) is 1.70. The van der Waals surface area contributed by atoms with Crippen LogP contribution < -0.4 is 0 Å². The zero-order valence-corrected chi connectivity index (χ0v) is 8.43. The van der Waals surface area contributed by atoms with Crippen molar-refractivity contribution in [2.45, 2.75) is 40.0 Å². The van der Waals surface area contributed by atoms with Crippen LogP contribution in [0.15, 0.2) is 0 Å². The Morgan fingerprint density at radius 1 is 1.33 bits per heavy atom. The fourth-order valence-corrected chi connectivity index (χ4v) is 0.884. The highest BCUT2D eigenvalue weighted by molar-refractivity contribution is 5.80. The molecule has 0 aliphatic carbocycles. The van der Waals surface area contributed by atoms with E-state index in [0.29, 0.717) is 12.2 Å². The molecule has 0 saturated heterocycles. The lowest BCUT2D eigenvalue weighted by Crippen LogP contribution is -2.08. The molecule has 0 aromatic heterocycles. The Labute approximate surface area is 75.3 Å². The molecule has 0 amide bonds. The van der Waals surface area contributed by atoms with Gasteiger partial charge >= 0.3 is 0 Å². The van der Waals surface area contributed by atoms with Crippen molar-refractivity contribution in [3.63, 3.8) is 0 Å². The largest absolute Gasteiger partial charge is 0.381 e. The van der Waals surface area contributed by atoms with E-state index in [0.717, 1.165) is 26.1 Å². The Morgan fingerprint density at radius 2 is 2.00 bits per heavy atom. The van der Waals surface area contributed by atoms with Gasteiger partial charge in [0, 0.05) is 25.6 Å². The van der Waals surface area contributed by atoms with Crippen molar-refractivity contribution < 1.29 is 9.53 Å². The van der Waals surface area contributed by atoms with Gasteiger partial charge in [0.25, 0.3) is 0 Å². The van der Waals surface area contributed by atoms with Gasteiger partial charge in [0.2, 0.25) is 0 Å². The Hall–Kier alpha value is -0.370. The maximum Gasteiger partial charge on any atom is 0.135 e.